The number of thioether (sulfide) groups is 1. The van der Waals surface area contributed by atoms with Crippen LogP contribution in [-0.2, 0) is 0 Å². The minimum Gasteiger partial charge on any atom is -0.182 e. The summed E-state index contributed by atoms with van der Waals surface area (Å²) < 4.78 is 21.6. The van der Waals surface area contributed by atoms with Crippen LogP contribution in [0.4, 0.5) is 8.78 Å². The third-order valence-corrected chi connectivity index (χ3v) is 3.02. The molecule has 0 saturated heterocycles. The molecule has 0 aromatic rings. The number of unbranched alkanes of at least 4 members (excludes halogenated alkanes) is 4. The fourth-order valence-corrected chi connectivity index (χ4v) is 1.96. The van der Waals surface area contributed by atoms with Crippen LogP contribution in [0.25, 0.3) is 0 Å². The Morgan fingerprint density at radius 2 is 1.75 bits per heavy atom. The van der Waals surface area contributed by atoms with E-state index in [1.54, 1.807) is 0 Å². The summed E-state index contributed by atoms with van der Waals surface area (Å²) in [5.41, 5.74) is 0. The van der Waals surface area contributed by atoms with Crippen LogP contribution >= 0.6 is 27.7 Å². The third-order valence-electron chi connectivity index (χ3n) is 1.51. The molecule has 4 heteroatoms. The summed E-state index contributed by atoms with van der Waals surface area (Å²) in [6, 6.07) is 0. The second-order valence-electron chi connectivity index (χ2n) is 2.71. The first-order valence-corrected chi connectivity index (χ1v) is 6.05. The molecule has 0 rings (SSSR count). The highest BCUT2D eigenvalue weighted by molar-refractivity contribution is 9.11. The molecule has 0 aliphatic carbocycles. The largest absolute Gasteiger partial charge is 0.348 e. The zero-order valence-electron chi connectivity index (χ0n) is 7.28. The first-order valence-electron chi connectivity index (χ1n) is 4.27. The molecule has 0 saturated carbocycles. The summed E-state index contributed by atoms with van der Waals surface area (Å²) in [5, 5.41) is 0. The molecule has 0 aliphatic rings. The summed E-state index contributed by atoms with van der Waals surface area (Å²) in [6.45, 7) is 2.14. The predicted octanol–water partition coefficient (Wildman–Crippen LogP) is 4.64. The Morgan fingerprint density at radius 3 is 2.25 bits per heavy atom. The van der Waals surface area contributed by atoms with Gasteiger partial charge < -0.3 is 0 Å². The molecule has 0 aliphatic heterocycles. The highest BCUT2D eigenvalue weighted by Gasteiger charge is 2.23. The van der Waals surface area contributed by atoms with E-state index in [0.717, 1.165) is 12.8 Å². The maximum atomic E-state index is 12.2. The van der Waals surface area contributed by atoms with E-state index in [0.29, 0.717) is 17.5 Å². The van der Waals surface area contributed by atoms with Crippen molar-refractivity contribution in [2.24, 2.45) is 0 Å². The molecule has 0 fully saturated rings. The topological polar surface area (TPSA) is 0 Å². The van der Waals surface area contributed by atoms with Crippen molar-refractivity contribution in [2.75, 3.05) is 5.75 Å². The number of hydrogen-bond acceptors (Lipinski definition) is 1. The quantitative estimate of drug-likeness (QED) is 0.475. The number of halogens is 3. The van der Waals surface area contributed by atoms with Crippen molar-refractivity contribution >= 4 is 27.7 Å². The molecular formula is C8H15BrF2S. The monoisotopic (exact) mass is 260 g/mol. The van der Waals surface area contributed by atoms with Crippen molar-refractivity contribution in [3.63, 3.8) is 0 Å². The SMILES string of the molecule is CCCCCCCSC(F)(F)Br. The van der Waals surface area contributed by atoms with E-state index in [2.05, 4.69) is 22.9 Å². The Hall–Kier alpha value is 0.690. The summed E-state index contributed by atoms with van der Waals surface area (Å²) in [4.78, 5) is 0. The maximum Gasteiger partial charge on any atom is 0.348 e. The van der Waals surface area contributed by atoms with Gasteiger partial charge in [-0.2, -0.15) is 8.78 Å². The minimum absolute atomic E-state index is 0.544. The first kappa shape index (κ1) is 12.7. The normalized spacial score (nSPS) is 12.0. The summed E-state index contributed by atoms with van der Waals surface area (Å²) in [6.07, 6.45) is 5.55. The Labute approximate surface area is 85.6 Å². The Bertz CT molecular complexity index is 104. The Kier molecular flexibility index (Phi) is 7.54. The Morgan fingerprint density at radius 1 is 1.17 bits per heavy atom. The fraction of sp³-hybridized carbons (Fsp3) is 1.00. The highest BCUT2D eigenvalue weighted by Crippen LogP contribution is 2.35. The van der Waals surface area contributed by atoms with Gasteiger partial charge in [0.05, 0.1) is 0 Å². The zero-order chi connectivity index (χ0) is 9.45. The molecule has 0 radical (unpaired) electrons. The molecule has 0 N–H and O–H groups in total. The van der Waals surface area contributed by atoms with Crippen LogP contribution in [-0.4, -0.2) is 9.92 Å². The second kappa shape index (κ2) is 7.13. The lowest BCUT2D eigenvalue weighted by Gasteiger charge is -2.06. The van der Waals surface area contributed by atoms with Crippen LogP contribution in [0.15, 0.2) is 0 Å². The van der Waals surface area contributed by atoms with E-state index in [-0.39, 0.29) is 0 Å². The Balaban J connectivity index is 3.01. The van der Waals surface area contributed by atoms with Gasteiger partial charge in [-0.3, -0.25) is 0 Å². The van der Waals surface area contributed by atoms with E-state index in [4.69, 9.17) is 0 Å². The van der Waals surface area contributed by atoms with Crippen molar-refractivity contribution in [2.45, 2.75) is 43.2 Å². The summed E-state index contributed by atoms with van der Waals surface area (Å²) >= 11 is 2.97. The molecule has 0 bridgehead atoms. The van der Waals surface area contributed by atoms with Gasteiger partial charge in [-0.05, 0) is 12.2 Å². The zero-order valence-corrected chi connectivity index (χ0v) is 9.69. The van der Waals surface area contributed by atoms with Crippen molar-refractivity contribution in [1.29, 1.82) is 0 Å². The molecule has 74 valence electrons. The van der Waals surface area contributed by atoms with E-state index in [9.17, 15) is 8.78 Å². The lowest BCUT2D eigenvalue weighted by atomic mass is 10.2. The number of alkyl halides is 3. The molecule has 0 atom stereocenters. The van der Waals surface area contributed by atoms with E-state index in [1.165, 1.54) is 19.3 Å². The van der Waals surface area contributed by atoms with E-state index < -0.39 is 4.16 Å². The standard InChI is InChI=1S/C8H15BrF2S/c1-2-3-4-5-6-7-12-8(9,10)11/h2-7H2,1H3. The lowest BCUT2D eigenvalue weighted by Crippen LogP contribution is -1.98. The third kappa shape index (κ3) is 10.7. The first-order chi connectivity index (χ1) is 5.56. The van der Waals surface area contributed by atoms with Crippen LogP contribution in [0.3, 0.4) is 0 Å². The van der Waals surface area contributed by atoms with Crippen LogP contribution in [0.2, 0.25) is 0 Å². The van der Waals surface area contributed by atoms with Gasteiger partial charge in [0.2, 0.25) is 0 Å². The molecule has 0 amide bonds. The van der Waals surface area contributed by atoms with Gasteiger partial charge in [0, 0.05) is 15.9 Å². The second-order valence-corrected chi connectivity index (χ2v) is 5.44. The summed E-state index contributed by atoms with van der Waals surface area (Å²) in [7, 11) is 0. The van der Waals surface area contributed by atoms with Crippen LogP contribution in [0, 0.1) is 0 Å². The summed E-state index contributed by atoms with van der Waals surface area (Å²) in [5.74, 6) is 0.544. The molecule has 12 heavy (non-hydrogen) atoms. The van der Waals surface area contributed by atoms with Crippen molar-refractivity contribution in [3.8, 4) is 0 Å². The van der Waals surface area contributed by atoms with Crippen LogP contribution in [0.5, 0.6) is 0 Å². The van der Waals surface area contributed by atoms with Crippen molar-refractivity contribution in [3.05, 3.63) is 0 Å². The van der Waals surface area contributed by atoms with Gasteiger partial charge in [0.25, 0.3) is 0 Å². The molecular weight excluding hydrogens is 246 g/mol. The van der Waals surface area contributed by atoms with Gasteiger partial charge >= 0.3 is 4.16 Å². The molecule has 0 spiro atoms. The molecule has 0 aromatic carbocycles. The fourth-order valence-electron chi connectivity index (χ4n) is 0.894. The average molecular weight is 261 g/mol. The predicted molar refractivity (Wildman–Crippen MR) is 55.1 cm³/mol. The lowest BCUT2D eigenvalue weighted by molar-refractivity contribution is 0.220. The molecule has 0 heterocycles. The van der Waals surface area contributed by atoms with Gasteiger partial charge in [-0.15, -0.1) is 0 Å². The smallest absolute Gasteiger partial charge is 0.182 e. The minimum atomic E-state index is -2.72. The van der Waals surface area contributed by atoms with E-state index >= 15 is 0 Å². The van der Waals surface area contributed by atoms with Crippen molar-refractivity contribution in [1.82, 2.24) is 0 Å². The molecule has 0 unspecified atom stereocenters. The van der Waals surface area contributed by atoms with E-state index in [1.807, 2.05) is 0 Å². The van der Waals surface area contributed by atoms with Crippen molar-refractivity contribution < 1.29 is 8.78 Å². The van der Waals surface area contributed by atoms with Gasteiger partial charge in [-0.25, -0.2) is 0 Å². The maximum absolute atomic E-state index is 12.2. The average Bonchev–Trinajstić information content (AvgIpc) is 1.94. The van der Waals surface area contributed by atoms with Crippen LogP contribution < -0.4 is 0 Å². The number of hydrogen-bond donors (Lipinski definition) is 0. The number of rotatable bonds is 7. The molecule has 0 nitrogen and oxygen atoms in total. The molecule has 0 aromatic heterocycles. The van der Waals surface area contributed by atoms with Crippen LogP contribution in [0.1, 0.15) is 39.0 Å². The van der Waals surface area contributed by atoms with Gasteiger partial charge in [0.15, 0.2) is 0 Å². The highest BCUT2D eigenvalue weighted by atomic mass is 79.9. The van der Waals surface area contributed by atoms with Gasteiger partial charge in [0.1, 0.15) is 0 Å². The van der Waals surface area contributed by atoms with Gasteiger partial charge in [-0.1, -0.05) is 44.4 Å².